The van der Waals surface area contributed by atoms with E-state index in [4.69, 9.17) is 0 Å². The predicted octanol–water partition coefficient (Wildman–Crippen LogP) is 5.82. The molecule has 0 spiro atoms. The summed E-state index contributed by atoms with van der Waals surface area (Å²) in [6.07, 6.45) is 0. The molecular weight excluding hydrogens is 384 g/mol. The third-order valence-corrected chi connectivity index (χ3v) is 5.65. The molecule has 156 valence electrons. The molecule has 3 aromatic carbocycles. The van der Waals surface area contributed by atoms with E-state index in [2.05, 4.69) is 19.2 Å². The second-order valence-electron chi connectivity index (χ2n) is 8.25. The van der Waals surface area contributed by atoms with Crippen LogP contribution in [0, 0.1) is 13.8 Å². The van der Waals surface area contributed by atoms with Crippen LogP contribution in [0.25, 0.3) is 5.57 Å². The van der Waals surface area contributed by atoms with Gasteiger partial charge in [-0.05, 0) is 54.7 Å². The largest absolute Gasteiger partial charge is 0.350 e. The molecule has 1 aliphatic heterocycles. The smallest absolute Gasteiger partial charge is 0.282 e. The van der Waals surface area contributed by atoms with Crippen LogP contribution >= 0.6 is 0 Å². The van der Waals surface area contributed by atoms with Crippen molar-refractivity contribution in [3.8, 4) is 0 Å². The number of rotatable bonds is 5. The Hall–Kier alpha value is -3.66. The highest BCUT2D eigenvalue weighted by atomic mass is 16.2. The number of hydrogen-bond acceptors (Lipinski definition) is 3. The van der Waals surface area contributed by atoms with E-state index in [1.807, 2.05) is 86.6 Å². The molecule has 0 aliphatic carbocycles. The molecule has 31 heavy (non-hydrogen) atoms. The lowest BCUT2D eigenvalue weighted by atomic mass is 10.0. The number of para-hydroxylation sites is 1. The highest BCUT2D eigenvalue weighted by Crippen LogP contribution is 2.34. The normalized spacial score (nSPS) is 14.0. The van der Waals surface area contributed by atoms with Gasteiger partial charge in [-0.15, -0.1) is 0 Å². The maximum absolute atomic E-state index is 13.5. The molecule has 0 aromatic heterocycles. The Morgan fingerprint density at radius 1 is 0.774 bits per heavy atom. The standard InChI is InChI=1S/C27H26N2O2/c1-17(2)20-13-15-22(16-14-20)29-26(30)24(21-11-9-18(3)10-12-21)25(27(29)31)28-23-8-6-5-7-19(23)4/h5-17,28H,1-4H3. The minimum atomic E-state index is -0.346. The molecular formula is C27H26N2O2. The van der Waals surface area contributed by atoms with Crippen molar-refractivity contribution in [2.75, 3.05) is 10.2 Å². The maximum atomic E-state index is 13.5. The van der Waals surface area contributed by atoms with Gasteiger partial charge in [0.25, 0.3) is 11.8 Å². The molecule has 1 aliphatic rings. The fourth-order valence-electron chi connectivity index (χ4n) is 3.72. The summed E-state index contributed by atoms with van der Waals surface area (Å²) in [7, 11) is 0. The minimum absolute atomic E-state index is 0.302. The Morgan fingerprint density at radius 3 is 2.03 bits per heavy atom. The fourth-order valence-corrected chi connectivity index (χ4v) is 3.72. The first kappa shape index (κ1) is 20.6. The topological polar surface area (TPSA) is 49.4 Å². The number of amides is 2. The molecule has 0 saturated heterocycles. The summed E-state index contributed by atoms with van der Waals surface area (Å²) < 4.78 is 0. The Balaban J connectivity index is 1.80. The van der Waals surface area contributed by atoms with Gasteiger partial charge in [0.2, 0.25) is 0 Å². The highest BCUT2D eigenvalue weighted by molar-refractivity contribution is 6.46. The minimum Gasteiger partial charge on any atom is -0.350 e. The third kappa shape index (κ3) is 3.89. The van der Waals surface area contributed by atoms with Crippen molar-refractivity contribution >= 4 is 28.8 Å². The molecule has 1 N–H and O–H groups in total. The zero-order valence-electron chi connectivity index (χ0n) is 18.3. The number of carbonyl (C=O) groups is 2. The Kier molecular flexibility index (Phi) is 5.47. The van der Waals surface area contributed by atoms with Gasteiger partial charge in [0.15, 0.2) is 0 Å². The van der Waals surface area contributed by atoms with Gasteiger partial charge in [-0.1, -0.05) is 74.0 Å². The summed E-state index contributed by atoms with van der Waals surface area (Å²) in [5, 5.41) is 3.25. The van der Waals surface area contributed by atoms with Crippen LogP contribution in [-0.2, 0) is 9.59 Å². The summed E-state index contributed by atoms with van der Waals surface area (Å²) in [6, 6.07) is 23.0. The van der Waals surface area contributed by atoms with Crippen LogP contribution in [0.2, 0.25) is 0 Å². The van der Waals surface area contributed by atoms with Crippen LogP contribution in [0.1, 0.15) is 42.0 Å². The first-order valence-corrected chi connectivity index (χ1v) is 10.5. The molecule has 3 aromatic rings. The number of imide groups is 1. The second-order valence-corrected chi connectivity index (χ2v) is 8.25. The molecule has 2 amide bonds. The molecule has 0 saturated carbocycles. The Labute approximate surface area is 183 Å². The summed E-state index contributed by atoms with van der Waals surface area (Å²) in [5.41, 5.74) is 6.05. The van der Waals surface area contributed by atoms with Crippen molar-refractivity contribution in [3.05, 3.63) is 101 Å². The van der Waals surface area contributed by atoms with E-state index in [0.29, 0.717) is 22.9 Å². The number of aryl methyl sites for hydroxylation is 2. The number of anilines is 2. The van der Waals surface area contributed by atoms with Crippen molar-refractivity contribution < 1.29 is 9.59 Å². The Morgan fingerprint density at radius 2 is 1.42 bits per heavy atom. The lowest BCUT2D eigenvalue weighted by Gasteiger charge is -2.17. The zero-order valence-corrected chi connectivity index (χ0v) is 18.3. The van der Waals surface area contributed by atoms with E-state index < -0.39 is 0 Å². The molecule has 1 heterocycles. The molecule has 0 unspecified atom stereocenters. The van der Waals surface area contributed by atoms with E-state index in [1.54, 1.807) is 0 Å². The van der Waals surface area contributed by atoms with Crippen LogP contribution in [0.4, 0.5) is 11.4 Å². The van der Waals surface area contributed by atoms with Crippen molar-refractivity contribution in [1.29, 1.82) is 0 Å². The molecule has 0 atom stereocenters. The van der Waals surface area contributed by atoms with Crippen LogP contribution in [0.3, 0.4) is 0 Å². The van der Waals surface area contributed by atoms with E-state index in [1.165, 1.54) is 4.90 Å². The van der Waals surface area contributed by atoms with E-state index in [0.717, 1.165) is 27.9 Å². The van der Waals surface area contributed by atoms with Crippen molar-refractivity contribution in [2.24, 2.45) is 0 Å². The monoisotopic (exact) mass is 410 g/mol. The molecule has 4 nitrogen and oxygen atoms in total. The number of hydrogen-bond donors (Lipinski definition) is 1. The number of benzene rings is 3. The SMILES string of the molecule is Cc1ccc(C2=C(Nc3ccccc3C)C(=O)N(c3ccc(C(C)C)cc3)C2=O)cc1. The maximum Gasteiger partial charge on any atom is 0.282 e. The van der Waals surface area contributed by atoms with Crippen LogP contribution in [0.15, 0.2) is 78.5 Å². The fraction of sp³-hybridized carbons (Fsp3) is 0.185. The van der Waals surface area contributed by atoms with Gasteiger partial charge < -0.3 is 5.32 Å². The van der Waals surface area contributed by atoms with Gasteiger partial charge in [0.05, 0.1) is 11.3 Å². The van der Waals surface area contributed by atoms with Crippen LogP contribution in [-0.4, -0.2) is 11.8 Å². The Bertz CT molecular complexity index is 1170. The van der Waals surface area contributed by atoms with Gasteiger partial charge in [-0.3, -0.25) is 9.59 Å². The zero-order chi connectivity index (χ0) is 22.1. The number of nitrogens with zero attached hydrogens (tertiary/aromatic N) is 1. The molecule has 0 fully saturated rings. The lowest BCUT2D eigenvalue weighted by Crippen LogP contribution is -2.32. The quantitative estimate of drug-likeness (QED) is 0.539. The summed E-state index contributed by atoms with van der Waals surface area (Å²) in [6.45, 7) is 8.19. The van der Waals surface area contributed by atoms with Gasteiger partial charge in [-0.25, -0.2) is 4.90 Å². The van der Waals surface area contributed by atoms with Gasteiger partial charge in [0.1, 0.15) is 5.70 Å². The summed E-state index contributed by atoms with van der Waals surface area (Å²) >= 11 is 0. The first-order chi connectivity index (χ1) is 14.9. The molecule has 4 heteroatoms. The average Bonchev–Trinajstić information content (AvgIpc) is 3.00. The van der Waals surface area contributed by atoms with E-state index >= 15 is 0 Å². The van der Waals surface area contributed by atoms with E-state index in [-0.39, 0.29) is 11.8 Å². The van der Waals surface area contributed by atoms with Crippen molar-refractivity contribution in [2.45, 2.75) is 33.6 Å². The third-order valence-electron chi connectivity index (χ3n) is 5.65. The first-order valence-electron chi connectivity index (χ1n) is 10.5. The summed E-state index contributed by atoms with van der Waals surface area (Å²) in [5.74, 6) is -0.290. The molecule has 4 rings (SSSR count). The van der Waals surface area contributed by atoms with Gasteiger partial charge in [-0.2, -0.15) is 0 Å². The van der Waals surface area contributed by atoms with Gasteiger partial charge >= 0.3 is 0 Å². The van der Waals surface area contributed by atoms with Gasteiger partial charge in [0, 0.05) is 5.69 Å². The predicted molar refractivity (Wildman–Crippen MR) is 126 cm³/mol. The van der Waals surface area contributed by atoms with Crippen LogP contribution < -0.4 is 10.2 Å². The van der Waals surface area contributed by atoms with E-state index in [9.17, 15) is 9.59 Å². The number of carbonyl (C=O) groups excluding carboxylic acids is 2. The van der Waals surface area contributed by atoms with Crippen molar-refractivity contribution in [3.63, 3.8) is 0 Å². The van der Waals surface area contributed by atoms with Crippen LogP contribution in [0.5, 0.6) is 0 Å². The highest BCUT2D eigenvalue weighted by Gasteiger charge is 2.40. The lowest BCUT2D eigenvalue weighted by molar-refractivity contribution is -0.120. The molecule has 0 bridgehead atoms. The van der Waals surface area contributed by atoms with Crippen molar-refractivity contribution in [1.82, 2.24) is 0 Å². The molecule has 0 radical (unpaired) electrons. The average molecular weight is 411 g/mol. The second kappa shape index (κ2) is 8.23. The summed E-state index contributed by atoms with van der Waals surface area (Å²) in [4.78, 5) is 28.3. The number of nitrogens with one attached hydrogen (secondary N) is 1.